The van der Waals surface area contributed by atoms with E-state index in [0.29, 0.717) is 41.4 Å². The standard InChI is InChI=1S/C35H56N2O6/c1-19-8-10-25-21(3)28(38-29-17-32(5)14-12-23(19)34(25,29)42-40-32)16-27(37-36-7)31-22(4)26-11-9-20(2)24-13-15-33(6)18-30(39-31)35(24,26)43-41-33/h19-26,28-31,36H,8-18H2,1-7H3/b37-27-/t19-,20-,21-,22-,23+,24+,25+,26+,28-,29-,30-,31+,32-,33-,34-,35-/m1/s1. The molecule has 2 spiro atoms. The van der Waals surface area contributed by atoms with E-state index in [9.17, 15) is 0 Å². The molecule has 16 atom stereocenters. The van der Waals surface area contributed by atoms with Crippen molar-refractivity contribution in [1.82, 2.24) is 5.43 Å². The molecule has 8 nitrogen and oxygen atoms in total. The molecule has 6 saturated heterocycles. The highest BCUT2D eigenvalue weighted by Gasteiger charge is 2.70. The van der Waals surface area contributed by atoms with Gasteiger partial charge in [0.15, 0.2) is 0 Å². The molecule has 8 heteroatoms. The number of hydrogen-bond donors (Lipinski definition) is 1. The van der Waals surface area contributed by atoms with Gasteiger partial charge >= 0.3 is 0 Å². The Morgan fingerprint density at radius 2 is 1.21 bits per heavy atom. The number of rotatable bonds is 4. The molecule has 4 saturated carbocycles. The average molecular weight is 601 g/mol. The van der Waals surface area contributed by atoms with Gasteiger partial charge in [0.25, 0.3) is 0 Å². The van der Waals surface area contributed by atoms with Crippen LogP contribution in [0.1, 0.15) is 112 Å². The van der Waals surface area contributed by atoms with Crippen molar-refractivity contribution in [2.24, 2.45) is 52.4 Å². The third kappa shape index (κ3) is 4.11. The maximum Gasteiger partial charge on any atom is 0.136 e. The molecule has 0 aromatic heterocycles. The Bertz CT molecular complexity index is 1140. The second-order valence-corrected chi connectivity index (χ2v) is 16.9. The van der Waals surface area contributed by atoms with Crippen LogP contribution in [0, 0.1) is 47.3 Å². The SMILES string of the molecule is CN/N=C(/C[C@H]1O[C@@H]2C[C@@]3(C)CC[C@H]4[C@H](C)CC[C@@H]([C@H]1C)[C@@]24OO3)[C@H]1O[C@@H]2C[C@@]3(C)CC[C@H]4[C@H](C)CC[C@@H]([C@H]1C)[C@@]24OO3. The number of nitrogens with zero attached hydrogens (tertiary/aromatic N) is 1. The molecule has 1 N–H and O–H groups in total. The number of hydrazone groups is 1. The molecule has 4 bridgehead atoms. The highest BCUT2D eigenvalue weighted by Crippen LogP contribution is 2.63. The van der Waals surface area contributed by atoms with Gasteiger partial charge in [-0.15, -0.1) is 0 Å². The monoisotopic (exact) mass is 600 g/mol. The van der Waals surface area contributed by atoms with Crippen LogP contribution < -0.4 is 5.43 Å². The highest BCUT2D eigenvalue weighted by atomic mass is 17.2. The van der Waals surface area contributed by atoms with Crippen LogP contribution in [0.15, 0.2) is 5.10 Å². The minimum Gasteiger partial charge on any atom is -0.371 e. The van der Waals surface area contributed by atoms with Gasteiger partial charge in [-0.05, 0) is 113 Å². The molecule has 6 aliphatic heterocycles. The third-order valence-corrected chi connectivity index (χ3v) is 14.5. The number of fused-ring (bicyclic) bond motifs is 4. The van der Waals surface area contributed by atoms with Gasteiger partial charge in [-0.1, -0.05) is 27.7 Å². The van der Waals surface area contributed by atoms with Gasteiger partial charge in [-0.2, -0.15) is 5.10 Å². The predicted molar refractivity (Wildman–Crippen MR) is 162 cm³/mol. The van der Waals surface area contributed by atoms with Gasteiger partial charge in [0.05, 0.1) is 24.0 Å². The third-order valence-electron chi connectivity index (χ3n) is 14.5. The first kappa shape index (κ1) is 29.6. The quantitative estimate of drug-likeness (QED) is 0.228. The summed E-state index contributed by atoms with van der Waals surface area (Å²) >= 11 is 0. The minimum absolute atomic E-state index is 0.0198. The zero-order valence-electron chi connectivity index (χ0n) is 27.6. The van der Waals surface area contributed by atoms with E-state index in [4.69, 9.17) is 34.1 Å². The van der Waals surface area contributed by atoms with Crippen LogP contribution in [-0.4, -0.2) is 59.6 Å². The normalized spacial score (nSPS) is 59.1. The summed E-state index contributed by atoms with van der Waals surface area (Å²) in [5.74, 6) is 3.64. The molecule has 0 unspecified atom stereocenters. The second kappa shape index (κ2) is 10.1. The molecule has 0 radical (unpaired) electrons. The molecule has 10 rings (SSSR count). The summed E-state index contributed by atoms with van der Waals surface area (Å²) < 4.78 is 14.5. The van der Waals surface area contributed by atoms with Crippen LogP contribution >= 0.6 is 0 Å². The van der Waals surface area contributed by atoms with Crippen molar-refractivity contribution >= 4 is 5.71 Å². The van der Waals surface area contributed by atoms with Crippen molar-refractivity contribution in [3.63, 3.8) is 0 Å². The van der Waals surface area contributed by atoms with Gasteiger partial charge in [-0.25, -0.2) is 19.6 Å². The summed E-state index contributed by atoms with van der Waals surface area (Å²) in [6.45, 7) is 14.1. The van der Waals surface area contributed by atoms with E-state index in [-0.39, 0.29) is 52.7 Å². The summed E-state index contributed by atoms with van der Waals surface area (Å²) in [5.41, 5.74) is 3.03. The van der Waals surface area contributed by atoms with Crippen molar-refractivity contribution in [3.05, 3.63) is 0 Å². The van der Waals surface area contributed by atoms with Gasteiger partial charge in [0.2, 0.25) is 0 Å². The van der Waals surface area contributed by atoms with Gasteiger partial charge in [-0.3, -0.25) is 0 Å². The van der Waals surface area contributed by atoms with E-state index in [1.807, 2.05) is 7.05 Å². The van der Waals surface area contributed by atoms with Crippen LogP contribution in [0.25, 0.3) is 0 Å². The summed E-state index contributed by atoms with van der Waals surface area (Å²) in [5, 5.41) is 4.99. The Hall–Kier alpha value is -0.770. The van der Waals surface area contributed by atoms with Crippen LogP contribution in [0.3, 0.4) is 0 Å². The zero-order valence-corrected chi connectivity index (χ0v) is 27.6. The largest absolute Gasteiger partial charge is 0.371 e. The Labute approximate surface area is 258 Å². The lowest BCUT2D eigenvalue weighted by Crippen LogP contribution is -2.71. The maximum atomic E-state index is 7.26. The number of nitrogens with one attached hydrogen (secondary N) is 1. The molecule has 43 heavy (non-hydrogen) atoms. The fourth-order valence-electron chi connectivity index (χ4n) is 12.2. The van der Waals surface area contributed by atoms with E-state index in [1.165, 1.54) is 25.7 Å². The van der Waals surface area contributed by atoms with E-state index in [1.54, 1.807) is 0 Å². The fourth-order valence-corrected chi connectivity index (χ4v) is 12.2. The van der Waals surface area contributed by atoms with Crippen molar-refractivity contribution in [2.45, 2.75) is 159 Å². The van der Waals surface area contributed by atoms with Gasteiger partial charge < -0.3 is 14.9 Å². The lowest BCUT2D eigenvalue weighted by molar-refractivity contribution is -0.487. The molecule has 10 aliphatic rings. The van der Waals surface area contributed by atoms with E-state index in [2.05, 4.69) is 47.0 Å². The van der Waals surface area contributed by atoms with Crippen LogP contribution in [0.4, 0.5) is 0 Å². The Morgan fingerprint density at radius 1 is 0.674 bits per heavy atom. The molecule has 0 aromatic carbocycles. The lowest BCUT2D eigenvalue weighted by Gasteiger charge is -2.62. The Morgan fingerprint density at radius 3 is 1.77 bits per heavy atom. The molecule has 0 amide bonds. The van der Waals surface area contributed by atoms with Crippen LogP contribution in [0.5, 0.6) is 0 Å². The van der Waals surface area contributed by atoms with Crippen molar-refractivity contribution in [3.8, 4) is 0 Å². The Kier molecular flexibility index (Phi) is 6.97. The average Bonchev–Trinajstić information content (AvgIpc) is 3.35. The van der Waals surface area contributed by atoms with E-state index in [0.717, 1.165) is 50.7 Å². The van der Waals surface area contributed by atoms with Crippen molar-refractivity contribution in [2.75, 3.05) is 7.05 Å². The van der Waals surface area contributed by atoms with E-state index >= 15 is 0 Å². The number of hydrogen-bond acceptors (Lipinski definition) is 8. The summed E-state index contributed by atoms with van der Waals surface area (Å²) in [4.78, 5) is 25.6. The van der Waals surface area contributed by atoms with Crippen LogP contribution in [-0.2, 0) is 29.0 Å². The molecule has 4 aliphatic carbocycles. The maximum absolute atomic E-state index is 7.26. The zero-order chi connectivity index (χ0) is 29.9. The van der Waals surface area contributed by atoms with Gasteiger partial charge in [0.1, 0.15) is 28.5 Å². The van der Waals surface area contributed by atoms with Crippen molar-refractivity contribution in [1.29, 1.82) is 0 Å². The fraction of sp³-hybridized carbons (Fsp3) is 0.971. The first-order chi connectivity index (χ1) is 20.5. The molecular formula is C35H56N2O6. The number of ether oxygens (including phenoxy) is 2. The molecule has 242 valence electrons. The molecule has 10 fully saturated rings. The molecule has 6 heterocycles. The lowest BCUT2D eigenvalue weighted by atomic mass is 9.55. The Balaban J connectivity index is 1.10. The first-order valence-corrected chi connectivity index (χ1v) is 17.8. The van der Waals surface area contributed by atoms with Crippen molar-refractivity contribution < 1.29 is 29.0 Å². The van der Waals surface area contributed by atoms with Gasteiger partial charge in [0, 0.05) is 26.3 Å². The second-order valence-electron chi connectivity index (χ2n) is 16.9. The molecular weight excluding hydrogens is 544 g/mol. The first-order valence-electron chi connectivity index (χ1n) is 17.8. The molecule has 0 aromatic rings. The summed E-state index contributed by atoms with van der Waals surface area (Å²) in [7, 11) is 1.92. The highest BCUT2D eigenvalue weighted by molar-refractivity contribution is 5.89. The predicted octanol–water partition coefficient (Wildman–Crippen LogP) is 6.37. The topological polar surface area (TPSA) is 79.8 Å². The van der Waals surface area contributed by atoms with E-state index < -0.39 is 0 Å². The minimum atomic E-state index is -0.352. The summed E-state index contributed by atoms with van der Waals surface area (Å²) in [6.07, 6.45) is 11.9. The smallest absolute Gasteiger partial charge is 0.136 e. The van der Waals surface area contributed by atoms with Crippen LogP contribution in [0.2, 0.25) is 0 Å². The summed E-state index contributed by atoms with van der Waals surface area (Å²) in [6, 6.07) is 0.